The van der Waals surface area contributed by atoms with E-state index in [1.807, 2.05) is 14.0 Å². The van der Waals surface area contributed by atoms with Gasteiger partial charge in [0.05, 0.1) is 0 Å². The van der Waals surface area contributed by atoms with Crippen LogP contribution in [-0.2, 0) is 4.74 Å². The largest absolute Gasteiger partial charge is 0.382 e. The van der Waals surface area contributed by atoms with Crippen LogP contribution >= 0.6 is 0 Å². The van der Waals surface area contributed by atoms with Crippen LogP contribution in [0.25, 0.3) is 0 Å². The van der Waals surface area contributed by atoms with Gasteiger partial charge in [-0.05, 0) is 31.6 Å². The normalized spacial score (nSPS) is 18.9. The number of rotatable bonds is 7. The zero-order valence-corrected chi connectivity index (χ0v) is 12.2. The second kappa shape index (κ2) is 8.35. The summed E-state index contributed by atoms with van der Waals surface area (Å²) in [5, 5.41) is 6.77. The van der Waals surface area contributed by atoms with Crippen LogP contribution in [0.5, 0.6) is 0 Å². The van der Waals surface area contributed by atoms with Crippen molar-refractivity contribution in [2.75, 3.05) is 33.4 Å². The first-order valence-corrected chi connectivity index (χ1v) is 7.22. The molecule has 4 heteroatoms. The maximum absolute atomic E-state index is 5.31. The molecule has 0 heterocycles. The van der Waals surface area contributed by atoms with Crippen molar-refractivity contribution in [3.05, 3.63) is 0 Å². The fraction of sp³-hybridized carbons (Fsp3) is 0.929. The third-order valence-corrected chi connectivity index (χ3v) is 3.68. The lowest BCUT2D eigenvalue weighted by Gasteiger charge is -2.25. The summed E-state index contributed by atoms with van der Waals surface area (Å²) in [4.78, 5) is 4.25. The highest BCUT2D eigenvalue weighted by Gasteiger charge is 2.28. The lowest BCUT2D eigenvalue weighted by atomic mass is 9.89. The Labute approximate surface area is 112 Å². The third kappa shape index (κ3) is 5.71. The van der Waals surface area contributed by atoms with Gasteiger partial charge in [-0.2, -0.15) is 0 Å². The molecule has 2 N–H and O–H groups in total. The molecule has 1 saturated carbocycles. The summed E-state index contributed by atoms with van der Waals surface area (Å²) >= 11 is 0. The molecule has 0 saturated heterocycles. The van der Waals surface area contributed by atoms with E-state index >= 15 is 0 Å². The predicted molar refractivity (Wildman–Crippen MR) is 77.0 cm³/mol. The Morgan fingerprint density at radius 2 is 2.00 bits per heavy atom. The van der Waals surface area contributed by atoms with E-state index in [2.05, 4.69) is 22.5 Å². The van der Waals surface area contributed by atoms with Gasteiger partial charge in [0, 0.05) is 33.4 Å². The average Bonchev–Trinajstić information content (AvgIpc) is 2.80. The molecule has 0 aromatic carbocycles. The van der Waals surface area contributed by atoms with Crippen molar-refractivity contribution in [2.24, 2.45) is 10.4 Å². The molecule has 0 atom stereocenters. The summed E-state index contributed by atoms with van der Waals surface area (Å²) in [5.74, 6) is 0.916. The van der Waals surface area contributed by atoms with Gasteiger partial charge in [0.1, 0.15) is 0 Å². The first-order chi connectivity index (χ1) is 8.70. The molecule has 1 aliphatic carbocycles. The van der Waals surface area contributed by atoms with E-state index in [9.17, 15) is 0 Å². The van der Waals surface area contributed by atoms with E-state index in [4.69, 9.17) is 4.74 Å². The minimum atomic E-state index is 0.461. The molecular formula is C14H29N3O. The molecule has 0 aromatic rings. The maximum atomic E-state index is 5.31. The molecule has 0 amide bonds. The molecular weight excluding hydrogens is 226 g/mol. The lowest BCUT2D eigenvalue weighted by Crippen LogP contribution is -2.42. The van der Waals surface area contributed by atoms with E-state index in [-0.39, 0.29) is 0 Å². The first-order valence-electron chi connectivity index (χ1n) is 7.22. The van der Waals surface area contributed by atoms with Crippen LogP contribution in [0.1, 0.15) is 46.0 Å². The quantitative estimate of drug-likeness (QED) is 0.416. The van der Waals surface area contributed by atoms with Gasteiger partial charge < -0.3 is 15.4 Å². The van der Waals surface area contributed by atoms with E-state index in [1.54, 1.807) is 0 Å². The number of guanidine groups is 1. The summed E-state index contributed by atoms with van der Waals surface area (Å²) in [6.07, 6.45) is 6.44. The molecule has 1 rings (SSSR count). The summed E-state index contributed by atoms with van der Waals surface area (Å²) in [6.45, 7) is 7.95. The number of nitrogens with one attached hydrogen (secondary N) is 2. The van der Waals surface area contributed by atoms with Gasteiger partial charge in [-0.3, -0.25) is 4.99 Å². The molecule has 106 valence electrons. The smallest absolute Gasteiger partial charge is 0.190 e. The SMILES string of the molecule is CCOCCCNC(=NC)NCC1(C)CCCC1. The summed E-state index contributed by atoms with van der Waals surface area (Å²) in [5.41, 5.74) is 0.461. The Balaban J connectivity index is 2.13. The van der Waals surface area contributed by atoms with Crippen LogP contribution in [-0.4, -0.2) is 39.3 Å². The minimum absolute atomic E-state index is 0.461. The molecule has 4 nitrogen and oxygen atoms in total. The van der Waals surface area contributed by atoms with E-state index in [1.165, 1.54) is 25.7 Å². The Hall–Kier alpha value is -0.770. The molecule has 0 radical (unpaired) electrons. The second-order valence-corrected chi connectivity index (χ2v) is 5.42. The van der Waals surface area contributed by atoms with Crippen LogP contribution in [0.3, 0.4) is 0 Å². The van der Waals surface area contributed by atoms with Gasteiger partial charge in [0.15, 0.2) is 5.96 Å². The topological polar surface area (TPSA) is 45.6 Å². The third-order valence-electron chi connectivity index (χ3n) is 3.68. The number of hydrogen-bond acceptors (Lipinski definition) is 2. The Morgan fingerprint density at radius 3 is 2.61 bits per heavy atom. The molecule has 0 aromatic heterocycles. The van der Waals surface area contributed by atoms with Crippen LogP contribution in [0, 0.1) is 5.41 Å². The Bertz CT molecular complexity index is 247. The van der Waals surface area contributed by atoms with Crippen LogP contribution in [0.15, 0.2) is 4.99 Å². The Morgan fingerprint density at radius 1 is 1.28 bits per heavy atom. The number of hydrogen-bond donors (Lipinski definition) is 2. The highest BCUT2D eigenvalue weighted by Crippen LogP contribution is 2.36. The molecule has 0 spiro atoms. The number of ether oxygens (including phenoxy) is 1. The molecule has 18 heavy (non-hydrogen) atoms. The zero-order valence-electron chi connectivity index (χ0n) is 12.2. The van der Waals surface area contributed by atoms with Crippen molar-refractivity contribution in [1.82, 2.24) is 10.6 Å². The van der Waals surface area contributed by atoms with Crippen LogP contribution < -0.4 is 10.6 Å². The van der Waals surface area contributed by atoms with Gasteiger partial charge in [0.25, 0.3) is 0 Å². The van der Waals surface area contributed by atoms with E-state index < -0.39 is 0 Å². The molecule has 0 aliphatic heterocycles. The highest BCUT2D eigenvalue weighted by molar-refractivity contribution is 5.79. The van der Waals surface area contributed by atoms with Crippen molar-refractivity contribution < 1.29 is 4.74 Å². The Kier molecular flexibility index (Phi) is 7.09. The minimum Gasteiger partial charge on any atom is -0.382 e. The predicted octanol–water partition coefficient (Wildman–Crippen LogP) is 2.16. The maximum Gasteiger partial charge on any atom is 0.190 e. The van der Waals surface area contributed by atoms with Gasteiger partial charge in [-0.1, -0.05) is 19.8 Å². The van der Waals surface area contributed by atoms with Crippen molar-refractivity contribution in [3.63, 3.8) is 0 Å². The van der Waals surface area contributed by atoms with Crippen molar-refractivity contribution in [2.45, 2.75) is 46.0 Å². The van der Waals surface area contributed by atoms with Gasteiger partial charge in [-0.15, -0.1) is 0 Å². The van der Waals surface area contributed by atoms with Crippen molar-refractivity contribution in [1.29, 1.82) is 0 Å². The van der Waals surface area contributed by atoms with Crippen LogP contribution in [0.2, 0.25) is 0 Å². The van der Waals surface area contributed by atoms with Gasteiger partial charge >= 0.3 is 0 Å². The lowest BCUT2D eigenvalue weighted by molar-refractivity contribution is 0.145. The van der Waals surface area contributed by atoms with Crippen LogP contribution in [0.4, 0.5) is 0 Å². The number of aliphatic imine (C=N–C) groups is 1. The molecule has 0 bridgehead atoms. The zero-order chi connectivity index (χ0) is 13.3. The highest BCUT2D eigenvalue weighted by atomic mass is 16.5. The molecule has 0 unspecified atom stereocenters. The monoisotopic (exact) mass is 255 g/mol. The number of nitrogens with zero attached hydrogens (tertiary/aromatic N) is 1. The second-order valence-electron chi connectivity index (χ2n) is 5.42. The van der Waals surface area contributed by atoms with Crippen molar-refractivity contribution >= 4 is 5.96 Å². The van der Waals surface area contributed by atoms with Gasteiger partial charge in [-0.25, -0.2) is 0 Å². The standard InChI is InChI=1S/C14H29N3O/c1-4-18-11-7-10-16-13(15-3)17-12-14(2)8-5-6-9-14/h4-12H2,1-3H3,(H2,15,16,17). The van der Waals surface area contributed by atoms with Gasteiger partial charge in [0.2, 0.25) is 0 Å². The molecule has 1 fully saturated rings. The van der Waals surface area contributed by atoms with Crippen molar-refractivity contribution in [3.8, 4) is 0 Å². The molecule has 1 aliphatic rings. The average molecular weight is 255 g/mol. The first kappa shape index (κ1) is 15.3. The summed E-state index contributed by atoms with van der Waals surface area (Å²) < 4.78 is 5.31. The van der Waals surface area contributed by atoms with E-state index in [0.29, 0.717) is 5.41 Å². The fourth-order valence-corrected chi connectivity index (χ4v) is 2.45. The summed E-state index contributed by atoms with van der Waals surface area (Å²) in [7, 11) is 1.83. The fourth-order valence-electron chi connectivity index (χ4n) is 2.45. The summed E-state index contributed by atoms with van der Waals surface area (Å²) in [6, 6.07) is 0. The van der Waals surface area contributed by atoms with E-state index in [0.717, 1.165) is 38.7 Å².